The van der Waals surface area contributed by atoms with E-state index in [1.165, 1.54) is 12.1 Å². The number of nitro groups is 1. The van der Waals surface area contributed by atoms with Crippen molar-refractivity contribution in [1.29, 1.82) is 0 Å². The van der Waals surface area contributed by atoms with Gasteiger partial charge in [-0.25, -0.2) is 0 Å². The van der Waals surface area contributed by atoms with E-state index in [2.05, 4.69) is 0 Å². The summed E-state index contributed by atoms with van der Waals surface area (Å²) >= 11 is 0. The molecule has 1 heterocycles. The van der Waals surface area contributed by atoms with Crippen LogP contribution in [0.1, 0.15) is 17.3 Å². The molecular formula is C12H15N3O4. The van der Waals surface area contributed by atoms with E-state index < -0.39 is 10.8 Å². The molecule has 1 aliphatic rings. The van der Waals surface area contributed by atoms with Gasteiger partial charge in [0, 0.05) is 24.7 Å². The molecule has 0 saturated carbocycles. The molecule has 1 aliphatic heterocycles. The monoisotopic (exact) mass is 265 g/mol. The van der Waals surface area contributed by atoms with Crippen LogP contribution < -0.4 is 10.6 Å². The normalized spacial score (nSPS) is 19.2. The molecule has 1 aromatic carbocycles. The lowest BCUT2D eigenvalue weighted by molar-refractivity contribution is -0.384. The van der Waals surface area contributed by atoms with Crippen LogP contribution in [-0.4, -0.2) is 36.6 Å². The van der Waals surface area contributed by atoms with E-state index in [0.717, 1.165) is 0 Å². The van der Waals surface area contributed by atoms with Crippen molar-refractivity contribution in [1.82, 2.24) is 0 Å². The van der Waals surface area contributed by atoms with Crippen LogP contribution in [0.4, 0.5) is 11.4 Å². The largest absolute Gasteiger partial charge is 0.375 e. The lowest BCUT2D eigenvalue weighted by Crippen LogP contribution is -2.41. The maximum absolute atomic E-state index is 11.1. The van der Waals surface area contributed by atoms with Gasteiger partial charge in [0.25, 0.3) is 5.69 Å². The number of rotatable bonds is 3. The molecule has 0 aromatic heterocycles. The first-order valence-electron chi connectivity index (χ1n) is 5.94. The second-order valence-corrected chi connectivity index (χ2v) is 4.45. The average molecular weight is 265 g/mol. The summed E-state index contributed by atoms with van der Waals surface area (Å²) in [5, 5.41) is 11.1. The first-order chi connectivity index (χ1) is 8.99. The Bertz CT molecular complexity index is 518. The molecule has 0 radical (unpaired) electrons. The van der Waals surface area contributed by atoms with Crippen LogP contribution in [0.2, 0.25) is 0 Å². The smallest absolute Gasteiger partial charge is 0.293 e. The highest BCUT2D eigenvalue weighted by Gasteiger charge is 2.25. The summed E-state index contributed by atoms with van der Waals surface area (Å²) in [7, 11) is 0. The number of anilines is 1. The number of hydrogen-bond acceptors (Lipinski definition) is 5. The third-order valence-corrected chi connectivity index (χ3v) is 3.04. The topological polar surface area (TPSA) is 98.7 Å². The summed E-state index contributed by atoms with van der Waals surface area (Å²) in [5.41, 5.74) is 5.66. The van der Waals surface area contributed by atoms with Crippen molar-refractivity contribution in [3.8, 4) is 0 Å². The molecule has 0 spiro atoms. The predicted octanol–water partition coefficient (Wildman–Crippen LogP) is 0.919. The summed E-state index contributed by atoms with van der Waals surface area (Å²) in [4.78, 5) is 23.6. The number of morpholine rings is 1. The third kappa shape index (κ3) is 2.82. The van der Waals surface area contributed by atoms with Crippen LogP contribution in [0.3, 0.4) is 0 Å². The quantitative estimate of drug-likeness (QED) is 0.647. The summed E-state index contributed by atoms with van der Waals surface area (Å²) in [5.74, 6) is -0.676. The number of amides is 1. The SMILES string of the molecule is CC1CN(c2ccc(C(N)=O)cc2[N+](=O)[O-])CCO1. The summed E-state index contributed by atoms with van der Waals surface area (Å²) in [6.45, 7) is 3.60. The Kier molecular flexibility index (Phi) is 3.66. The summed E-state index contributed by atoms with van der Waals surface area (Å²) in [6.07, 6.45) is 0.0178. The number of nitrogens with zero attached hydrogens (tertiary/aromatic N) is 2. The lowest BCUT2D eigenvalue weighted by Gasteiger charge is -2.32. The molecule has 1 saturated heterocycles. The maximum atomic E-state index is 11.1. The van der Waals surface area contributed by atoms with Crippen molar-refractivity contribution < 1.29 is 14.5 Å². The van der Waals surface area contributed by atoms with Crippen LogP contribution in [0, 0.1) is 10.1 Å². The van der Waals surface area contributed by atoms with Gasteiger partial charge in [-0.2, -0.15) is 0 Å². The molecular weight excluding hydrogens is 250 g/mol. The van der Waals surface area contributed by atoms with Crippen molar-refractivity contribution >= 4 is 17.3 Å². The minimum atomic E-state index is -0.676. The highest BCUT2D eigenvalue weighted by atomic mass is 16.6. The zero-order valence-electron chi connectivity index (χ0n) is 10.5. The summed E-state index contributed by atoms with van der Waals surface area (Å²) in [6, 6.07) is 4.29. The molecule has 1 amide bonds. The van der Waals surface area contributed by atoms with Crippen LogP contribution in [0.15, 0.2) is 18.2 Å². The standard InChI is InChI=1S/C12H15N3O4/c1-8-7-14(4-5-19-8)10-3-2-9(12(13)16)6-11(10)15(17)18/h2-3,6,8H,4-5,7H2,1H3,(H2,13,16). The molecule has 2 rings (SSSR count). The minimum absolute atomic E-state index is 0.0178. The van der Waals surface area contributed by atoms with E-state index in [0.29, 0.717) is 25.4 Å². The van der Waals surface area contributed by atoms with Crippen LogP contribution in [-0.2, 0) is 4.74 Å². The molecule has 1 unspecified atom stereocenters. The Labute approximate surface area is 110 Å². The average Bonchev–Trinajstić information content (AvgIpc) is 2.37. The zero-order valence-corrected chi connectivity index (χ0v) is 10.5. The zero-order chi connectivity index (χ0) is 14.0. The number of carbonyl (C=O) groups excluding carboxylic acids is 1. The Morgan fingerprint density at radius 1 is 1.58 bits per heavy atom. The minimum Gasteiger partial charge on any atom is -0.375 e. The third-order valence-electron chi connectivity index (χ3n) is 3.04. The Balaban J connectivity index is 2.38. The van der Waals surface area contributed by atoms with Gasteiger partial charge in [0.05, 0.1) is 17.6 Å². The fourth-order valence-electron chi connectivity index (χ4n) is 2.13. The van der Waals surface area contributed by atoms with Gasteiger partial charge in [-0.1, -0.05) is 0 Å². The van der Waals surface area contributed by atoms with E-state index >= 15 is 0 Å². The van der Waals surface area contributed by atoms with E-state index in [9.17, 15) is 14.9 Å². The van der Waals surface area contributed by atoms with E-state index in [1.807, 2.05) is 11.8 Å². The number of ether oxygens (including phenoxy) is 1. The van der Waals surface area contributed by atoms with Gasteiger partial charge in [-0.15, -0.1) is 0 Å². The van der Waals surface area contributed by atoms with Gasteiger partial charge >= 0.3 is 0 Å². The lowest BCUT2D eigenvalue weighted by atomic mass is 10.1. The van der Waals surface area contributed by atoms with Crippen LogP contribution >= 0.6 is 0 Å². The molecule has 2 N–H and O–H groups in total. The number of carbonyl (C=O) groups is 1. The van der Waals surface area contributed by atoms with Gasteiger partial charge in [-0.3, -0.25) is 14.9 Å². The van der Waals surface area contributed by atoms with E-state index in [-0.39, 0.29) is 17.4 Å². The van der Waals surface area contributed by atoms with Gasteiger partial charge in [0.2, 0.25) is 5.91 Å². The number of hydrogen-bond donors (Lipinski definition) is 1. The van der Waals surface area contributed by atoms with Gasteiger partial charge in [-0.05, 0) is 19.1 Å². The van der Waals surface area contributed by atoms with Crippen molar-refractivity contribution in [2.24, 2.45) is 5.73 Å². The molecule has 7 heteroatoms. The molecule has 1 aromatic rings. The fourth-order valence-corrected chi connectivity index (χ4v) is 2.13. The Morgan fingerprint density at radius 2 is 2.32 bits per heavy atom. The van der Waals surface area contributed by atoms with Crippen LogP contribution in [0.5, 0.6) is 0 Å². The molecule has 19 heavy (non-hydrogen) atoms. The first kappa shape index (κ1) is 13.3. The molecule has 1 fully saturated rings. The van der Waals surface area contributed by atoms with Crippen LogP contribution in [0.25, 0.3) is 0 Å². The molecule has 1 atom stereocenters. The van der Waals surface area contributed by atoms with E-state index in [1.54, 1.807) is 6.07 Å². The van der Waals surface area contributed by atoms with Gasteiger partial charge in [0.1, 0.15) is 5.69 Å². The van der Waals surface area contributed by atoms with Crippen molar-refractivity contribution in [3.05, 3.63) is 33.9 Å². The van der Waals surface area contributed by atoms with E-state index in [4.69, 9.17) is 10.5 Å². The maximum Gasteiger partial charge on any atom is 0.293 e. The first-order valence-corrected chi connectivity index (χ1v) is 5.94. The molecule has 0 bridgehead atoms. The molecule has 0 aliphatic carbocycles. The highest BCUT2D eigenvalue weighted by Crippen LogP contribution is 2.30. The predicted molar refractivity (Wildman–Crippen MR) is 69.2 cm³/mol. The second kappa shape index (κ2) is 5.23. The second-order valence-electron chi connectivity index (χ2n) is 4.45. The van der Waals surface area contributed by atoms with Crippen molar-refractivity contribution in [2.45, 2.75) is 13.0 Å². The molecule has 7 nitrogen and oxygen atoms in total. The number of nitrogens with two attached hydrogens (primary N) is 1. The Morgan fingerprint density at radius 3 is 2.89 bits per heavy atom. The van der Waals surface area contributed by atoms with Crippen molar-refractivity contribution in [2.75, 3.05) is 24.6 Å². The highest BCUT2D eigenvalue weighted by molar-refractivity contribution is 5.94. The van der Waals surface area contributed by atoms with Crippen molar-refractivity contribution in [3.63, 3.8) is 0 Å². The fraction of sp³-hybridized carbons (Fsp3) is 0.417. The molecule has 102 valence electrons. The number of primary amides is 1. The van der Waals surface area contributed by atoms with Gasteiger partial charge in [0.15, 0.2) is 0 Å². The summed E-state index contributed by atoms with van der Waals surface area (Å²) < 4.78 is 5.41. The number of nitro benzene ring substituents is 1. The van der Waals surface area contributed by atoms with Gasteiger partial charge < -0.3 is 15.4 Å². The number of benzene rings is 1. The Hall–Kier alpha value is -2.15.